The van der Waals surface area contributed by atoms with Crippen LogP contribution in [0.1, 0.15) is 48.4 Å². The van der Waals surface area contributed by atoms with Gasteiger partial charge in [0.1, 0.15) is 0 Å². The van der Waals surface area contributed by atoms with Crippen molar-refractivity contribution in [3.05, 3.63) is 71.3 Å². The Morgan fingerprint density at radius 3 is 2.38 bits per heavy atom. The highest BCUT2D eigenvalue weighted by Crippen LogP contribution is 2.35. The number of amides is 1. The maximum absolute atomic E-state index is 13.2. The van der Waals surface area contributed by atoms with Crippen LogP contribution in [0.3, 0.4) is 0 Å². The first-order valence-electron chi connectivity index (χ1n) is 9.39. The zero-order chi connectivity index (χ0) is 17.2. The van der Waals surface area contributed by atoms with Crippen LogP contribution in [0.15, 0.2) is 54.6 Å². The van der Waals surface area contributed by atoms with Crippen LogP contribution >= 0.6 is 12.4 Å². The Morgan fingerprint density at radius 2 is 1.69 bits per heavy atom. The van der Waals surface area contributed by atoms with Crippen LogP contribution in [0, 0.1) is 5.92 Å². The molecule has 0 radical (unpaired) electrons. The van der Waals surface area contributed by atoms with Crippen molar-refractivity contribution >= 4 is 18.3 Å². The first kappa shape index (κ1) is 18.9. The van der Waals surface area contributed by atoms with E-state index in [1.165, 1.54) is 16.7 Å². The van der Waals surface area contributed by atoms with Gasteiger partial charge in [0, 0.05) is 19.0 Å². The van der Waals surface area contributed by atoms with Crippen molar-refractivity contribution in [3.8, 4) is 0 Å². The molecule has 2 aromatic rings. The minimum atomic E-state index is 0. The fourth-order valence-corrected chi connectivity index (χ4v) is 4.42. The van der Waals surface area contributed by atoms with E-state index in [0.717, 1.165) is 25.7 Å². The molecule has 2 N–H and O–H groups in total. The third kappa shape index (κ3) is 3.79. The van der Waals surface area contributed by atoms with Gasteiger partial charge in [-0.25, -0.2) is 0 Å². The number of rotatable bonds is 3. The molecular weight excluding hydrogens is 344 g/mol. The standard InChI is InChI=1S/C22H26N2O.ClH/c23-20-12-6-11-18(20)14-22(25)24-15-19-10-5-4-9-17(19)13-21(24)16-7-2-1-3-8-16;/h1-5,7-10,18,20-21H,6,11-15,23H2;1H/t18-,20+,21?;/m0./s1. The van der Waals surface area contributed by atoms with Crippen molar-refractivity contribution in [1.82, 2.24) is 4.90 Å². The van der Waals surface area contributed by atoms with Crippen LogP contribution in [0.2, 0.25) is 0 Å². The number of hydrogen-bond acceptors (Lipinski definition) is 2. The SMILES string of the molecule is Cl.N[C@@H]1CCC[C@H]1CC(=O)N1Cc2ccccc2CC1c1ccccc1. The second-order valence-corrected chi connectivity index (χ2v) is 7.48. The number of fused-ring (bicyclic) bond motifs is 1. The lowest BCUT2D eigenvalue weighted by atomic mass is 9.89. The summed E-state index contributed by atoms with van der Waals surface area (Å²) in [6.07, 6.45) is 4.79. The average Bonchev–Trinajstić information content (AvgIpc) is 3.06. The number of hydrogen-bond donors (Lipinski definition) is 1. The maximum atomic E-state index is 13.2. The van der Waals surface area contributed by atoms with E-state index in [2.05, 4.69) is 53.4 Å². The summed E-state index contributed by atoms with van der Waals surface area (Å²) in [4.78, 5) is 15.2. The van der Waals surface area contributed by atoms with E-state index in [1.807, 2.05) is 6.07 Å². The lowest BCUT2D eigenvalue weighted by molar-refractivity contribution is -0.136. The molecule has 1 fully saturated rings. The molecule has 1 amide bonds. The molecule has 138 valence electrons. The van der Waals surface area contributed by atoms with Crippen LogP contribution in [0.25, 0.3) is 0 Å². The van der Waals surface area contributed by atoms with Gasteiger partial charge in [0.2, 0.25) is 5.91 Å². The van der Waals surface area contributed by atoms with Crippen molar-refractivity contribution < 1.29 is 4.79 Å². The summed E-state index contributed by atoms with van der Waals surface area (Å²) in [6, 6.07) is 19.3. The van der Waals surface area contributed by atoms with Gasteiger partial charge in [-0.05, 0) is 41.9 Å². The van der Waals surface area contributed by atoms with E-state index in [-0.39, 0.29) is 30.4 Å². The van der Waals surface area contributed by atoms with Gasteiger partial charge in [-0.1, -0.05) is 61.0 Å². The molecule has 26 heavy (non-hydrogen) atoms. The fourth-order valence-electron chi connectivity index (χ4n) is 4.42. The Hall–Kier alpha value is -1.84. The quantitative estimate of drug-likeness (QED) is 0.877. The Labute approximate surface area is 162 Å². The third-order valence-corrected chi connectivity index (χ3v) is 5.91. The molecule has 2 aromatic carbocycles. The normalized spacial score (nSPS) is 24.7. The minimum absolute atomic E-state index is 0. The number of benzene rings is 2. The lowest BCUT2D eigenvalue weighted by Crippen LogP contribution is -2.40. The van der Waals surface area contributed by atoms with Crippen molar-refractivity contribution in [2.45, 2.75) is 50.7 Å². The molecule has 3 atom stereocenters. The van der Waals surface area contributed by atoms with Gasteiger partial charge in [0.05, 0.1) is 6.04 Å². The Kier molecular flexibility index (Phi) is 6.00. The molecule has 0 aromatic heterocycles. The Bertz CT molecular complexity index is 749. The van der Waals surface area contributed by atoms with Crippen LogP contribution in [-0.4, -0.2) is 16.8 Å². The molecule has 0 spiro atoms. The van der Waals surface area contributed by atoms with Crippen molar-refractivity contribution in [1.29, 1.82) is 0 Å². The fraction of sp³-hybridized carbons (Fsp3) is 0.409. The predicted molar refractivity (Wildman–Crippen MR) is 107 cm³/mol. The van der Waals surface area contributed by atoms with Gasteiger partial charge in [-0.2, -0.15) is 0 Å². The molecule has 0 bridgehead atoms. The highest BCUT2D eigenvalue weighted by atomic mass is 35.5. The van der Waals surface area contributed by atoms with Gasteiger partial charge < -0.3 is 10.6 Å². The first-order chi connectivity index (χ1) is 12.2. The number of nitrogens with two attached hydrogens (primary N) is 1. The first-order valence-corrected chi connectivity index (χ1v) is 9.39. The van der Waals surface area contributed by atoms with Crippen molar-refractivity contribution in [2.75, 3.05) is 0 Å². The van der Waals surface area contributed by atoms with Crippen molar-refractivity contribution in [2.24, 2.45) is 11.7 Å². The van der Waals surface area contributed by atoms with E-state index >= 15 is 0 Å². The third-order valence-electron chi connectivity index (χ3n) is 5.91. The smallest absolute Gasteiger partial charge is 0.223 e. The molecule has 1 heterocycles. The average molecular weight is 371 g/mol. The summed E-state index contributed by atoms with van der Waals surface area (Å²) in [6.45, 7) is 0.705. The van der Waals surface area contributed by atoms with Gasteiger partial charge in [-0.3, -0.25) is 4.79 Å². The molecule has 3 nitrogen and oxygen atoms in total. The van der Waals surface area contributed by atoms with E-state index in [9.17, 15) is 4.79 Å². The Balaban J connectivity index is 0.00000196. The zero-order valence-electron chi connectivity index (χ0n) is 15.0. The van der Waals surface area contributed by atoms with E-state index < -0.39 is 0 Å². The topological polar surface area (TPSA) is 46.3 Å². The minimum Gasteiger partial charge on any atom is -0.331 e. The molecule has 0 saturated heterocycles. The van der Waals surface area contributed by atoms with Crippen LogP contribution in [0.5, 0.6) is 0 Å². The zero-order valence-corrected chi connectivity index (χ0v) is 15.8. The summed E-state index contributed by atoms with van der Waals surface area (Å²) in [5, 5.41) is 0. The number of carbonyl (C=O) groups is 1. The summed E-state index contributed by atoms with van der Waals surface area (Å²) < 4.78 is 0. The Morgan fingerprint density at radius 1 is 1.00 bits per heavy atom. The molecule has 4 rings (SSSR count). The van der Waals surface area contributed by atoms with Crippen LogP contribution in [0.4, 0.5) is 0 Å². The van der Waals surface area contributed by atoms with Gasteiger partial charge in [-0.15, -0.1) is 12.4 Å². The monoisotopic (exact) mass is 370 g/mol. The van der Waals surface area contributed by atoms with Crippen molar-refractivity contribution in [3.63, 3.8) is 0 Å². The highest BCUT2D eigenvalue weighted by Gasteiger charge is 2.33. The van der Waals surface area contributed by atoms with Crippen LogP contribution in [-0.2, 0) is 17.8 Å². The molecular formula is C22H27ClN2O. The molecule has 1 aliphatic heterocycles. The number of halogens is 1. The molecule has 1 saturated carbocycles. The molecule has 1 aliphatic carbocycles. The largest absolute Gasteiger partial charge is 0.331 e. The van der Waals surface area contributed by atoms with Gasteiger partial charge in [0.15, 0.2) is 0 Å². The predicted octanol–water partition coefficient (Wildman–Crippen LogP) is 4.25. The lowest BCUT2D eigenvalue weighted by Gasteiger charge is -2.38. The molecule has 1 unspecified atom stereocenters. The second kappa shape index (κ2) is 8.24. The molecule has 2 aliphatic rings. The summed E-state index contributed by atoms with van der Waals surface area (Å²) in [5.41, 5.74) is 10.1. The van der Waals surface area contributed by atoms with Gasteiger partial charge >= 0.3 is 0 Å². The summed E-state index contributed by atoms with van der Waals surface area (Å²) in [7, 11) is 0. The number of carbonyl (C=O) groups excluding carboxylic acids is 1. The summed E-state index contributed by atoms with van der Waals surface area (Å²) >= 11 is 0. The summed E-state index contributed by atoms with van der Waals surface area (Å²) in [5.74, 6) is 0.604. The number of nitrogens with zero attached hydrogens (tertiary/aromatic N) is 1. The second-order valence-electron chi connectivity index (χ2n) is 7.48. The van der Waals surface area contributed by atoms with E-state index in [0.29, 0.717) is 18.9 Å². The van der Waals surface area contributed by atoms with E-state index in [4.69, 9.17) is 5.73 Å². The maximum Gasteiger partial charge on any atom is 0.223 e. The van der Waals surface area contributed by atoms with Gasteiger partial charge in [0.25, 0.3) is 0 Å². The molecule has 4 heteroatoms. The highest BCUT2D eigenvalue weighted by molar-refractivity contribution is 5.85. The van der Waals surface area contributed by atoms with Crippen LogP contribution < -0.4 is 5.73 Å². The van der Waals surface area contributed by atoms with E-state index in [1.54, 1.807) is 0 Å².